The summed E-state index contributed by atoms with van der Waals surface area (Å²) in [4.78, 5) is 13.3. The van der Waals surface area contributed by atoms with Crippen LogP contribution in [-0.4, -0.2) is 18.6 Å². The summed E-state index contributed by atoms with van der Waals surface area (Å²) in [6.07, 6.45) is -6.07. The molecule has 9 heteroatoms. The lowest BCUT2D eigenvalue weighted by Crippen LogP contribution is -2.39. The number of amides is 1. The van der Waals surface area contributed by atoms with E-state index in [1.54, 1.807) is 36.4 Å². The molecule has 0 aromatic heterocycles. The van der Waals surface area contributed by atoms with Crippen LogP contribution < -0.4 is 10.6 Å². The molecule has 1 amide bonds. The smallest absolute Gasteiger partial charge is 0.379 e. The number of carbonyl (C=O) groups excluding carboxylic acids is 1. The molecule has 256 valence electrons. The maximum absolute atomic E-state index is 13.3. The second-order valence-electron chi connectivity index (χ2n) is 12.4. The third-order valence-electron chi connectivity index (χ3n) is 9.26. The van der Waals surface area contributed by atoms with Crippen LogP contribution in [0.2, 0.25) is 0 Å². The van der Waals surface area contributed by atoms with Gasteiger partial charge in [-0.3, -0.25) is 4.79 Å². The van der Waals surface area contributed by atoms with Gasteiger partial charge in [-0.25, -0.2) is 0 Å². The minimum Gasteiger partial charge on any atom is -0.379 e. The molecule has 6 rings (SSSR count). The first kappa shape index (κ1) is 34.5. The van der Waals surface area contributed by atoms with Crippen LogP contribution in [0.1, 0.15) is 51.9 Å². The first-order chi connectivity index (χ1) is 23.9. The van der Waals surface area contributed by atoms with E-state index in [4.69, 9.17) is 0 Å². The molecule has 0 atom stereocenters. The molecule has 0 spiro atoms. The van der Waals surface area contributed by atoms with Crippen molar-refractivity contribution in [2.24, 2.45) is 0 Å². The molecule has 0 fully saturated rings. The Balaban J connectivity index is 1.12. The highest BCUT2D eigenvalue weighted by Crippen LogP contribution is 2.54. The standard InChI is InChI=1S/C41H34F6N2O/c1-27(48-26-40(42,43)44)39(36-15-6-4-12-33(36)34-13-5-7-16-37(34)39)25-9-8-10-28-17-23-31(24-18-28)49-38(50)35-14-3-2-11-32(35)29-19-21-30(22-20-29)41(45,46)47/h2-7,11-24,48H,1,8-10,25-26H2,(H,49,50). The second-order valence-corrected chi connectivity index (χ2v) is 12.4. The quantitative estimate of drug-likeness (QED) is 0.107. The number of aryl methyl sites for hydroxylation is 1. The molecule has 5 aromatic rings. The van der Waals surface area contributed by atoms with Crippen LogP contribution in [0.3, 0.4) is 0 Å². The summed E-state index contributed by atoms with van der Waals surface area (Å²) in [7, 11) is 0. The fraction of sp³-hybridized carbons (Fsp3) is 0.195. The van der Waals surface area contributed by atoms with Gasteiger partial charge < -0.3 is 10.6 Å². The third-order valence-corrected chi connectivity index (χ3v) is 9.26. The number of hydrogen-bond donors (Lipinski definition) is 2. The summed E-state index contributed by atoms with van der Waals surface area (Å²) in [6.45, 7) is 2.98. The van der Waals surface area contributed by atoms with E-state index in [0.717, 1.165) is 46.4 Å². The van der Waals surface area contributed by atoms with Crippen LogP contribution in [-0.2, 0) is 18.0 Å². The van der Waals surface area contributed by atoms with Gasteiger partial charge in [0.1, 0.15) is 6.54 Å². The van der Waals surface area contributed by atoms with Crippen molar-refractivity contribution >= 4 is 11.6 Å². The van der Waals surface area contributed by atoms with E-state index in [2.05, 4.69) is 17.2 Å². The molecule has 3 nitrogen and oxygen atoms in total. The van der Waals surface area contributed by atoms with E-state index in [1.165, 1.54) is 12.1 Å². The molecule has 0 saturated carbocycles. The number of allylic oxidation sites excluding steroid dienone is 1. The largest absolute Gasteiger partial charge is 0.416 e. The lowest BCUT2D eigenvalue weighted by molar-refractivity contribution is -0.137. The molecule has 1 aliphatic rings. The molecule has 0 unspecified atom stereocenters. The van der Waals surface area contributed by atoms with Gasteiger partial charge in [0.2, 0.25) is 0 Å². The third kappa shape index (κ3) is 7.18. The van der Waals surface area contributed by atoms with Crippen molar-refractivity contribution in [1.82, 2.24) is 5.32 Å². The van der Waals surface area contributed by atoms with Crippen LogP contribution in [0.4, 0.5) is 32.0 Å². The molecule has 5 aromatic carbocycles. The molecule has 0 radical (unpaired) electrons. The molecular weight excluding hydrogens is 650 g/mol. The summed E-state index contributed by atoms with van der Waals surface area (Å²) in [6, 6.07) is 34.5. The molecular formula is C41H34F6N2O. The number of rotatable bonds is 11. The zero-order chi connectivity index (χ0) is 35.5. The number of hydrogen-bond acceptors (Lipinski definition) is 2. The number of anilines is 1. The fourth-order valence-electron chi connectivity index (χ4n) is 6.87. The monoisotopic (exact) mass is 684 g/mol. The SMILES string of the molecule is C=C(NCC(F)(F)F)C1(CCCCc2ccc(NC(=O)c3ccccc3-c3ccc(C(F)(F)F)cc3)cc2)c2ccccc2-c2ccccc21. The van der Waals surface area contributed by atoms with Gasteiger partial charge in [-0.2, -0.15) is 26.3 Å². The summed E-state index contributed by atoms with van der Waals surface area (Å²) in [5, 5.41) is 5.48. The maximum Gasteiger partial charge on any atom is 0.416 e. The predicted octanol–water partition coefficient (Wildman–Crippen LogP) is 11.0. The number of carbonyl (C=O) groups is 1. The van der Waals surface area contributed by atoms with Gasteiger partial charge in [0.25, 0.3) is 5.91 Å². The highest BCUT2D eigenvalue weighted by molar-refractivity contribution is 6.08. The Hall–Kier alpha value is -5.31. The second kappa shape index (κ2) is 13.9. The summed E-state index contributed by atoms with van der Waals surface area (Å²) < 4.78 is 79.0. The molecule has 0 bridgehead atoms. The van der Waals surface area contributed by atoms with Gasteiger partial charge in [-0.05, 0) is 88.5 Å². The van der Waals surface area contributed by atoms with Gasteiger partial charge in [-0.1, -0.05) is 104 Å². The van der Waals surface area contributed by atoms with Crippen molar-refractivity contribution < 1.29 is 31.1 Å². The van der Waals surface area contributed by atoms with E-state index in [9.17, 15) is 31.1 Å². The molecule has 2 N–H and O–H groups in total. The average Bonchev–Trinajstić information content (AvgIpc) is 3.39. The number of benzene rings is 5. The fourth-order valence-corrected chi connectivity index (χ4v) is 6.87. The highest BCUT2D eigenvalue weighted by Gasteiger charge is 2.45. The Morgan fingerprint density at radius 3 is 1.80 bits per heavy atom. The van der Waals surface area contributed by atoms with Crippen molar-refractivity contribution in [2.75, 3.05) is 11.9 Å². The summed E-state index contributed by atoms with van der Waals surface area (Å²) in [5.74, 6) is -0.393. The van der Waals surface area contributed by atoms with Crippen molar-refractivity contribution in [3.63, 3.8) is 0 Å². The Morgan fingerprint density at radius 2 is 1.22 bits per heavy atom. The topological polar surface area (TPSA) is 41.1 Å². The first-order valence-electron chi connectivity index (χ1n) is 16.2. The van der Waals surface area contributed by atoms with E-state index >= 15 is 0 Å². The van der Waals surface area contributed by atoms with E-state index < -0.39 is 35.8 Å². The zero-order valence-electron chi connectivity index (χ0n) is 27.0. The first-order valence-corrected chi connectivity index (χ1v) is 16.2. The highest BCUT2D eigenvalue weighted by atomic mass is 19.4. The number of fused-ring (bicyclic) bond motifs is 3. The zero-order valence-corrected chi connectivity index (χ0v) is 27.0. The Morgan fingerprint density at radius 1 is 0.660 bits per heavy atom. The lowest BCUT2D eigenvalue weighted by Gasteiger charge is -2.35. The van der Waals surface area contributed by atoms with Crippen LogP contribution in [0.5, 0.6) is 0 Å². The number of unbranched alkanes of at least 4 members (excludes halogenated alkanes) is 1. The maximum atomic E-state index is 13.3. The minimum absolute atomic E-state index is 0.326. The minimum atomic E-state index is -4.45. The van der Waals surface area contributed by atoms with Crippen molar-refractivity contribution in [2.45, 2.75) is 43.5 Å². The Labute approximate surface area is 286 Å². The average molecular weight is 685 g/mol. The van der Waals surface area contributed by atoms with E-state index in [0.29, 0.717) is 47.3 Å². The van der Waals surface area contributed by atoms with E-state index in [-0.39, 0.29) is 0 Å². The molecule has 0 saturated heterocycles. The van der Waals surface area contributed by atoms with Gasteiger partial charge in [0.15, 0.2) is 0 Å². The molecule has 0 aliphatic heterocycles. The summed E-state index contributed by atoms with van der Waals surface area (Å²) in [5.41, 5.74) is 5.55. The molecule has 50 heavy (non-hydrogen) atoms. The molecule has 0 heterocycles. The number of nitrogens with one attached hydrogen (secondary N) is 2. The van der Waals surface area contributed by atoms with Crippen molar-refractivity contribution in [3.05, 3.63) is 161 Å². The lowest BCUT2D eigenvalue weighted by atomic mass is 9.71. The van der Waals surface area contributed by atoms with Crippen molar-refractivity contribution in [1.29, 1.82) is 0 Å². The van der Waals surface area contributed by atoms with Gasteiger partial charge in [-0.15, -0.1) is 0 Å². The summed E-state index contributed by atoms with van der Waals surface area (Å²) >= 11 is 0. The Kier molecular flexibility index (Phi) is 9.60. The number of alkyl halides is 6. The van der Waals surface area contributed by atoms with Gasteiger partial charge in [0.05, 0.1) is 11.0 Å². The molecule has 1 aliphatic carbocycles. The van der Waals surface area contributed by atoms with Crippen LogP contribution in [0.25, 0.3) is 22.3 Å². The van der Waals surface area contributed by atoms with Crippen molar-refractivity contribution in [3.8, 4) is 22.3 Å². The van der Waals surface area contributed by atoms with E-state index in [1.807, 2.05) is 60.7 Å². The normalized spacial score (nSPS) is 13.3. The van der Waals surface area contributed by atoms with Gasteiger partial charge >= 0.3 is 12.4 Å². The Bertz CT molecular complexity index is 1950. The van der Waals surface area contributed by atoms with Crippen LogP contribution in [0.15, 0.2) is 134 Å². The number of halogens is 6. The predicted molar refractivity (Wildman–Crippen MR) is 185 cm³/mol. The van der Waals surface area contributed by atoms with Gasteiger partial charge in [0, 0.05) is 16.9 Å². The van der Waals surface area contributed by atoms with Crippen LogP contribution in [0, 0.1) is 0 Å². The van der Waals surface area contributed by atoms with Crippen LogP contribution >= 0.6 is 0 Å².